The van der Waals surface area contributed by atoms with E-state index in [-0.39, 0.29) is 5.41 Å². The minimum Gasteiger partial charge on any atom is -0.323 e. The third-order valence-electron chi connectivity index (χ3n) is 4.56. The van der Waals surface area contributed by atoms with Gasteiger partial charge in [0, 0.05) is 35.6 Å². The Bertz CT molecular complexity index is 969. The summed E-state index contributed by atoms with van der Waals surface area (Å²) in [5, 5.41) is 2.55. The molecule has 0 aliphatic heterocycles. The van der Waals surface area contributed by atoms with Crippen molar-refractivity contribution in [3.05, 3.63) is 84.9 Å². The lowest BCUT2D eigenvalue weighted by atomic mass is 9.84. The minimum atomic E-state index is 0.0806. The lowest BCUT2D eigenvalue weighted by Gasteiger charge is -2.25. The van der Waals surface area contributed by atoms with E-state index >= 15 is 0 Å². The predicted molar refractivity (Wildman–Crippen MR) is 101 cm³/mol. The number of nitrogens with zero attached hydrogens (tertiary/aromatic N) is 2. The van der Waals surface area contributed by atoms with Gasteiger partial charge in [-0.1, -0.05) is 45.0 Å². The smallest absolute Gasteiger partial charge is 0.0565 e. The van der Waals surface area contributed by atoms with E-state index in [0.717, 1.165) is 0 Å². The van der Waals surface area contributed by atoms with Crippen LogP contribution < -0.4 is 0 Å². The van der Waals surface area contributed by atoms with E-state index in [1.807, 2.05) is 0 Å². The molecule has 2 heterocycles. The molecule has 0 amide bonds. The number of rotatable bonds is 2. The van der Waals surface area contributed by atoms with Gasteiger partial charge in [0.15, 0.2) is 0 Å². The molecule has 24 heavy (non-hydrogen) atoms. The van der Waals surface area contributed by atoms with Crippen molar-refractivity contribution in [2.75, 3.05) is 0 Å². The van der Waals surface area contributed by atoms with Crippen LogP contribution in [-0.2, 0) is 5.41 Å². The molecule has 0 radical (unpaired) electrons. The molecule has 0 atom stereocenters. The number of hydrogen-bond acceptors (Lipinski definition) is 0. The van der Waals surface area contributed by atoms with Gasteiger partial charge in [0.05, 0.1) is 11.4 Å². The van der Waals surface area contributed by atoms with E-state index in [1.165, 1.54) is 27.7 Å². The first kappa shape index (κ1) is 14.8. The van der Waals surface area contributed by atoms with Gasteiger partial charge in [0.2, 0.25) is 0 Å². The molecule has 4 aromatic rings. The topological polar surface area (TPSA) is 9.86 Å². The van der Waals surface area contributed by atoms with E-state index < -0.39 is 0 Å². The van der Waals surface area contributed by atoms with Crippen LogP contribution in [-0.4, -0.2) is 9.13 Å². The Labute approximate surface area is 143 Å². The van der Waals surface area contributed by atoms with E-state index in [0.29, 0.717) is 0 Å². The molecule has 0 saturated carbocycles. The monoisotopic (exact) mass is 314 g/mol. The highest BCUT2D eigenvalue weighted by atomic mass is 15.0. The fraction of sp³-hybridized carbons (Fsp3) is 0.182. The van der Waals surface area contributed by atoms with E-state index in [1.54, 1.807) is 0 Å². The summed E-state index contributed by atoms with van der Waals surface area (Å²) in [6.07, 6.45) is 8.46. The second kappa shape index (κ2) is 5.41. The van der Waals surface area contributed by atoms with Crippen LogP contribution in [0.2, 0.25) is 0 Å². The highest BCUT2D eigenvalue weighted by Gasteiger charge is 2.21. The lowest BCUT2D eigenvalue weighted by molar-refractivity contribution is 0.587. The molecule has 2 aromatic heterocycles. The average Bonchev–Trinajstić information content (AvgIpc) is 3.25. The third-order valence-corrected chi connectivity index (χ3v) is 4.56. The molecule has 0 aliphatic carbocycles. The third kappa shape index (κ3) is 2.35. The number of benzene rings is 2. The molecule has 0 spiro atoms. The van der Waals surface area contributed by atoms with Gasteiger partial charge in [-0.15, -0.1) is 0 Å². The highest BCUT2D eigenvalue weighted by molar-refractivity contribution is 5.97. The predicted octanol–water partition coefficient (Wildman–Crippen LogP) is 5.72. The first-order valence-corrected chi connectivity index (χ1v) is 8.38. The van der Waals surface area contributed by atoms with Crippen LogP contribution in [0.25, 0.3) is 22.1 Å². The Balaban J connectivity index is 2.10. The maximum absolute atomic E-state index is 2.28. The van der Waals surface area contributed by atoms with E-state index in [4.69, 9.17) is 0 Å². The van der Waals surface area contributed by atoms with Crippen molar-refractivity contribution in [2.45, 2.75) is 26.2 Å². The molecule has 0 unspecified atom stereocenters. The van der Waals surface area contributed by atoms with Crippen molar-refractivity contribution >= 4 is 10.8 Å². The average molecular weight is 314 g/mol. The Morgan fingerprint density at radius 3 is 1.88 bits per heavy atom. The van der Waals surface area contributed by atoms with Crippen LogP contribution in [0, 0.1) is 0 Å². The summed E-state index contributed by atoms with van der Waals surface area (Å²) >= 11 is 0. The summed E-state index contributed by atoms with van der Waals surface area (Å²) in [5.74, 6) is 0. The maximum atomic E-state index is 2.28. The Hall–Kier alpha value is -2.74. The summed E-state index contributed by atoms with van der Waals surface area (Å²) in [6, 6.07) is 19.4. The van der Waals surface area contributed by atoms with Crippen LogP contribution >= 0.6 is 0 Å². The van der Waals surface area contributed by atoms with Crippen molar-refractivity contribution in [1.29, 1.82) is 0 Å². The lowest BCUT2D eigenvalue weighted by Crippen LogP contribution is -2.15. The Morgan fingerprint density at radius 2 is 1.25 bits per heavy atom. The molecule has 0 saturated heterocycles. The van der Waals surface area contributed by atoms with Crippen LogP contribution in [0.4, 0.5) is 0 Å². The zero-order chi connectivity index (χ0) is 16.7. The number of fused-ring (bicyclic) bond motifs is 1. The molecule has 2 nitrogen and oxygen atoms in total. The summed E-state index contributed by atoms with van der Waals surface area (Å²) in [7, 11) is 0. The van der Waals surface area contributed by atoms with Gasteiger partial charge in [-0.25, -0.2) is 0 Å². The minimum absolute atomic E-state index is 0.0806. The molecule has 120 valence electrons. The van der Waals surface area contributed by atoms with Crippen molar-refractivity contribution < 1.29 is 0 Å². The summed E-state index contributed by atoms with van der Waals surface area (Å²) in [4.78, 5) is 0. The van der Waals surface area contributed by atoms with Gasteiger partial charge < -0.3 is 9.13 Å². The van der Waals surface area contributed by atoms with Crippen LogP contribution in [0.1, 0.15) is 26.3 Å². The van der Waals surface area contributed by atoms with Gasteiger partial charge in [-0.2, -0.15) is 0 Å². The van der Waals surface area contributed by atoms with Crippen molar-refractivity contribution in [1.82, 2.24) is 9.13 Å². The van der Waals surface area contributed by atoms with Gasteiger partial charge in [0.25, 0.3) is 0 Å². The molecule has 0 aliphatic rings. The Morgan fingerprint density at radius 1 is 0.625 bits per heavy atom. The standard InChI is InChI=1S/C22H22N2/c1-22(2,3)19-12-11-17-18(21(19)24-15-6-7-16-24)9-8-10-20(17)23-13-4-5-14-23/h4-16H,1-3H3. The van der Waals surface area contributed by atoms with Gasteiger partial charge in [-0.3, -0.25) is 0 Å². The zero-order valence-electron chi connectivity index (χ0n) is 14.4. The second-order valence-corrected chi connectivity index (χ2v) is 7.26. The second-order valence-electron chi connectivity index (χ2n) is 7.26. The van der Waals surface area contributed by atoms with E-state index in [2.05, 4.69) is 109 Å². The molecule has 0 fully saturated rings. The van der Waals surface area contributed by atoms with Gasteiger partial charge in [0.1, 0.15) is 0 Å². The Kier molecular flexibility index (Phi) is 3.34. The molecule has 0 N–H and O–H groups in total. The zero-order valence-corrected chi connectivity index (χ0v) is 14.4. The quantitative estimate of drug-likeness (QED) is 0.448. The first-order chi connectivity index (χ1) is 11.6. The normalized spacial score (nSPS) is 12.0. The molecule has 2 heteroatoms. The van der Waals surface area contributed by atoms with Crippen molar-refractivity contribution in [3.8, 4) is 11.4 Å². The summed E-state index contributed by atoms with van der Waals surface area (Å²) in [5.41, 5.74) is 3.93. The highest BCUT2D eigenvalue weighted by Crippen LogP contribution is 2.36. The van der Waals surface area contributed by atoms with Crippen LogP contribution in [0.5, 0.6) is 0 Å². The number of aromatic nitrogens is 2. The summed E-state index contributed by atoms with van der Waals surface area (Å²) < 4.78 is 4.42. The summed E-state index contributed by atoms with van der Waals surface area (Å²) in [6.45, 7) is 6.82. The largest absolute Gasteiger partial charge is 0.323 e. The van der Waals surface area contributed by atoms with Crippen LogP contribution in [0.15, 0.2) is 79.4 Å². The van der Waals surface area contributed by atoms with Gasteiger partial charge >= 0.3 is 0 Å². The fourth-order valence-electron chi connectivity index (χ4n) is 3.41. The molecular formula is C22H22N2. The number of hydrogen-bond donors (Lipinski definition) is 0. The van der Waals surface area contributed by atoms with Crippen LogP contribution in [0.3, 0.4) is 0 Å². The molecule has 4 rings (SSSR count). The van der Waals surface area contributed by atoms with E-state index in [9.17, 15) is 0 Å². The molecule has 0 bridgehead atoms. The molecular weight excluding hydrogens is 292 g/mol. The first-order valence-electron chi connectivity index (χ1n) is 8.38. The fourth-order valence-corrected chi connectivity index (χ4v) is 3.41. The molecule has 2 aromatic carbocycles. The van der Waals surface area contributed by atoms with Crippen molar-refractivity contribution in [3.63, 3.8) is 0 Å². The SMILES string of the molecule is CC(C)(C)c1ccc2c(-n3cccc3)cccc2c1-n1cccc1. The van der Waals surface area contributed by atoms with Gasteiger partial charge in [-0.05, 0) is 41.3 Å². The van der Waals surface area contributed by atoms with Crippen molar-refractivity contribution in [2.24, 2.45) is 0 Å². The maximum Gasteiger partial charge on any atom is 0.0565 e.